The number of nitrogens with one attached hydrogen (secondary N) is 3. The number of oxazole rings is 1. The van der Waals surface area contributed by atoms with Crippen LogP contribution in [0.5, 0.6) is 5.75 Å². The summed E-state index contributed by atoms with van der Waals surface area (Å²) in [6, 6.07) is 10.1. The van der Waals surface area contributed by atoms with Gasteiger partial charge in [0, 0.05) is 41.5 Å². The van der Waals surface area contributed by atoms with Crippen molar-refractivity contribution in [1.29, 1.82) is 0 Å². The largest absolute Gasteiger partial charge is 0.495 e. The number of ether oxygens (including phenoxy) is 1. The summed E-state index contributed by atoms with van der Waals surface area (Å²) >= 11 is 5.92. The van der Waals surface area contributed by atoms with Crippen LogP contribution in [0.25, 0.3) is 0 Å². The molecule has 2 unspecified atom stereocenters. The van der Waals surface area contributed by atoms with Crippen LogP contribution >= 0.6 is 11.6 Å². The summed E-state index contributed by atoms with van der Waals surface area (Å²) in [6.45, 7) is 1.35. The molecule has 0 spiro atoms. The molecular formula is C23H25ClN6O4. The quantitative estimate of drug-likeness (QED) is 0.470. The lowest BCUT2D eigenvalue weighted by molar-refractivity contribution is -0.117. The summed E-state index contributed by atoms with van der Waals surface area (Å²) < 4.78 is 10.1. The minimum absolute atomic E-state index is 0.129. The molecule has 11 heteroatoms. The van der Waals surface area contributed by atoms with E-state index in [2.05, 4.69) is 25.9 Å². The Morgan fingerprint density at radius 1 is 1.18 bits per heavy atom. The molecule has 1 fully saturated rings. The summed E-state index contributed by atoms with van der Waals surface area (Å²) in [4.78, 5) is 35.6. The van der Waals surface area contributed by atoms with E-state index in [-0.39, 0.29) is 30.4 Å². The molecule has 0 bridgehead atoms. The Labute approximate surface area is 201 Å². The highest BCUT2D eigenvalue weighted by Gasteiger charge is 2.33. The van der Waals surface area contributed by atoms with Crippen molar-refractivity contribution in [3.63, 3.8) is 0 Å². The molecule has 0 saturated carbocycles. The van der Waals surface area contributed by atoms with Gasteiger partial charge in [0.25, 0.3) is 0 Å². The van der Waals surface area contributed by atoms with Gasteiger partial charge >= 0.3 is 6.03 Å². The fourth-order valence-corrected chi connectivity index (χ4v) is 4.02. The molecule has 1 aliphatic heterocycles. The molecule has 2 atom stereocenters. The summed E-state index contributed by atoms with van der Waals surface area (Å²) in [6.07, 6.45) is 4.92. The van der Waals surface area contributed by atoms with Crippen LogP contribution < -0.4 is 20.7 Å². The third-order valence-corrected chi connectivity index (χ3v) is 5.81. The van der Waals surface area contributed by atoms with Crippen molar-refractivity contribution < 1.29 is 18.7 Å². The predicted molar refractivity (Wildman–Crippen MR) is 127 cm³/mol. The molecule has 1 aliphatic rings. The van der Waals surface area contributed by atoms with E-state index in [1.807, 2.05) is 17.0 Å². The fraction of sp³-hybridized carbons (Fsp3) is 0.304. The summed E-state index contributed by atoms with van der Waals surface area (Å²) in [5.41, 5.74) is 1.45. The molecule has 2 aromatic heterocycles. The molecule has 1 saturated heterocycles. The first-order chi connectivity index (χ1) is 16.5. The van der Waals surface area contributed by atoms with Gasteiger partial charge in [0.2, 0.25) is 5.91 Å². The Balaban J connectivity index is 1.43. The first-order valence-corrected chi connectivity index (χ1v) is 11.1. The molecule has 10 nitrogen and oxygen atoms in total. The van der Waals surface area contributed by atoms with Crippen molar-refractivity contribution in [3.8, 4) is 5.75 Å². The number of pyridine rings is 1. The van der Waals surface area contributed by atoms with Crippen LogP contribution in [-0.4, -0.2) is 59.6 Å². The highest BCUT2D eigenvalue weighted by atomic mass is 35.5. The number of urea groups is 1. The molecule has 3 aromatic rings. The highest BCUT2D eigenvalue weighted by molar-refractivity contribution is 6.30. The van der Waals surface area contributed by atoms with Crippen LogP contribution in [0, 0.1) is 0 Å². The van der Waals surface area contributed by atoms with Crippen molar-refractivity contribution in [2.24, 2.45) is 0 Å². The van der Waals surface area contributed by atoms with Gasteiger partial charge in [-0.15, -0.1) is 0 Å². The average molecular weight is 485 g/mol. The van der Waals surface area contributed by atoms with Gasteiger partial charge in [-0.05, 0) is 42.8 Å². The van der Waals surface area contributed by atoms with Crippen molar-refractivity contribution in [3.05, 3.63) is 66.0 Å². The van der Waals surface area contributed by atoms with Crippen molar-refractivity contribution in [2.45, 2.75) is 18.4 Å². The van der Waals surface area contributed by atoms with Crippen LogP contribution in [0.15, 0.2) is 59.7 Å². The monoisotopic (exact) mass is 484 g/mol. The summed E-state index contributed by atoms with van der Waals surface area (Å²) in [7, 11) is 1.58. The second-order valence-corrected chi connectivity index (χ2v) is 8.32. The van der Waals surface area contributed by atoms with Crippen LogP contribution in [0.2, 0.25) is 5.02 Å². The molecule has 3 amide bonds. The van der Waals surface area contributed by atoms with E-state index >= 15 is 0 Å². The van der Waals surface area contributed by atoms with E-state index in [1.165, 1.54) is 12.7 Å². The van der Waals surface area contributed by atoms with Crippen molar-refractivity contribution >= 4 is 35.0 Å². The number of piperidine rings is 1. The van der Waals surface area contributed by atoms with Crippen LogP contribution in [-0.2, 0) is 4.79 Å². The van der Waals surface area contributed by atoms with Crippen molar-refractivity contribution in [2.75, 3.05) is 37.4 Å². The van der Waals surface area contributed by atoms with Gasteiger partial charge < -0.3 is 25.1 Å². The Bertz CT molecular complexity index is 1090. The predicted octanol–water partition coefficient (Wildman–Crippen LogP) is 3.35. The van der Waals surface area contributed by atoms with Gasteiger partial charge in [0.05, 0.1) is 19.9 Å². The molecule has 0 radical (unpaired) electrons. The third-order valence-electron chi connectivity index (χ3n) is 5.56. The second kappa shape index (κ2) is 11.0. The standard InChI is InChI=1S/C23H25ClN6O4/c1-33-17-6-7-19(25-10-17)18-11-30(12-22(31)29-21-13-34-14-26-21)9-8-20(18)28-23(32)27-16-4-2-15(24)3-5-16/h2-7,10,13-14,18,20H,8-9,11-12H2,1H3,(H,29,31)(H2,27,28,32). The molecular weight excluding hydrogens is 460 g/mol. The zero-order chi connectivity index (χ0) is 23.9. The lowest BCUT2D eigenvalue weighted by Gasteiger charge is -2.38. The first kappa shape index (κ1) is 23.5. The van der Waals surface area contributed by atoms with Crippen molar-refractivity contribution in [1.82, 2.24) is 20.2 Å². The summed E-state index contributed by atoms with van der Waals surface area (Å²) in [5.74, 6) is 0.694. The second-order valence-electron chi connectivity index (χ2n) is 7.89. The maximum atomic E-state index is 12.7. The number of hydrogen-bond acceptors (Lipinski definition) is 7. The number of methoxy groups -OCH3 is 1. The molecule has 1 aromatic carbocycles. The van der Waals surface area contributed by atoms with Gasteiger partial charge in [-0.1, -0.05) is 11.6 Å². The topological polar surface area (TPSA) is 122 Å². The Kier molecular flexibility index (Phi) is 7.61. The number of aromatic nitrogens is 2. The number of benzene rings is 1. The zero-order valence-electron chi connectivity index (χ0n) is 18.5. The number of anilines is 2. The Hall–Kier alpha value is -3.63. The fourth-order valence-electron chi connectivity index (χ4n) is 3.90. The maximum Gasteiger partial charge on any atom is 0.319 e. The number of nitrogens with zero attached hydrogens (tertiary/aromatic N) is 3. The molecule has 3 heterocycles. The van der Waals surface area contributed by atoms with E-state index in [0.717, 1.165) is 5.69 Å². The lowest BCUT2D eigenvalue weighted by Crippen LogP contribution is -2.52. The third kappa shape index (κ3) is 6.24. The van der Waals surface area contributed by atoms with Gasteiger partial charge in [0.1, 0.15) is 12.0 Å². The smallest absolute Gasteiger partial charge is 0.319 e. The molecule has 4 rings (SSSR count). The summed E-state index contributed by atoms with van der Waals surface area (Å²) in [5, 5.41) is 9.20. The minimum Gasteiger partial charge on any atom is -0.495 e. The molecule has 178 valence electrons. The van der Waals surface area contributed by atoms with E-state index in [0.29, 0.717) is 41.8 Å². The Morgan fingerprint density at radius 2 is 2.00 bits per heavy atom. The van der Waals surface area contributed by atoms with Crippen LogP contribution in [0.1, 0.15) is 18.0 Å². The number of hydrogen-bond donors (Lipinski definition) is 3. The number of amides is 3. The maximum absolute atomic E-state index is 12.7. The zero-order valence-corrected chi connectivity index (χ0v) is 19.3. The van der Waals surface area contributed by atoms with E-state index < -0.39 is 0 Å². The Morgan fingerprint density at radius 3 is 2.68 bits per heavy atom. The number of halogens is 1. The van der Waals surface area contributed by atoms with Gasteiger partial charge in [-0.2, -0.15) is 4.98 Å². The van der Waals surface area contributed by atoms with Crippen LogP contribution in [0.4, 0.5) is 16.3 Å². The SMILES string of the molecule is COc1ccc(C2CN(CC(=O)Nc3cocn3)CCC2NC(=O)Nc2ccc(Cl)cc2)nc1. The van der Waals surface area contributed by atoms with Gasteiger partial charge in [-0.25, -0.2) is 4.79 Å². The molecule has 0 aliphatic carbocycles. The van der Waals surface area contributed by atoms with Gasteiger partial charge in [-0.3, -0.25) is 14.7 Å². The van der Waals surface area contributed by atoms with Crippen LogP contribution in [0.3, 0.4) is 0 Å². The lowest BCUT2D eigenvalue weighted by atomic mass is 9.88. The average Bonchev–Trinajstić information content (AvgIpc) is 3.34. The minimum atomic E-state index is -0.317. The first-order valence-electron chi connectivity index (χ1n) is 10.7. The van der Waals surface area contributed by atoms with Gasteiger partial charge in [0.15, 0.2) is 12.2 Å². The normalized spacial score (nSPS) is 18.2. The van der Waals surface area contributed by atoms with E-state index in [1.54, 1.807) is 37.6 Å². The molecule has 3 N–H and O–H groups in total. The number of likely N-dealkylation sites (tertiary alicyclic amines) is 1. The number of rotatable bonds is 7. The van der Waals surface area contributed by atoms with E-state index in [4.69, 9.17) is 20.8 Å². The molecule has 34 heavy (non-hydrogen) atoms. The number of carbonyl (C=O) groups is 2. The van der Waals surface area contributed by atoms with E-state index in [9.17, 15) is 9.59 Å². The number of carbonyl (C=O) groups excluding carboxylic acids is 2. The highest BCUT2D eigenvalue weighted by Crippen LogP contribution is 2.27.